The molecule has 5 heteroatoms. The third-order valence-corrected chi connectivity index (χ3v) is 4.43. The quantitative estimate of drug-likeness (QED) is 0.842. The molecule has 5 nitrogen and oxygen atoms in total. The van der Waals surface area contributed by atoms with Crippen LogP contribution in [-0.4, -0.2) is 27.9 Å². The minimum absolute atomic E-state index is 0.0608. The van der Waals surface area contributed by atoms with Crippen molar-refractivity contribution in [3.8, 4) is 0 Å². The maximum absolute atomic E-state index is 12.7. The van der Waals surface area contributed by atoms with Crippen molar-refractivity contribution in [2.24, 2.45) is 0 Å². The van der Waals surface area contributed by atoms with Gasteiger partial charge in [-0.05, 0) is 56.0 Å². The van der Waals surface area contributed by atoms with Gasteiger partial charge in [0, 0.05) is 12.5 Å². The molecule has 1 N–H and O–H groups in total. The number of carboxylic acid groups (broad SMARTS) is 1. The molecule has 0 bridgehead atoms. The Morgan fingerprint density at radius 1 is 1.25 bits per heavy atom. The highest BCUT2D eigenvalue weighted by Crippen LogP contribution is 2.35. The van der Waals surface area contributed by atoms with E-state index in [1.807, 2.05) is 24.0 Å². The van der Waals surface area contributed by atoms with Gasteiger partial charge in [0.05, 0.1) is 17.9 Å². The van der Waals surface area contributed by atoms with Crippen LogP contribution in [-0.2, 0) is 11.2 Å². The van der Waals surface area contributed by atoms with E-state index in [-0.39, 0.29) is 17.5 Å². The number of carboxylic acids is 1. The normalized spacial score (nSPS) is 15.0. The molecule has 1 aromatic heterocycles. The summed E-state index contributed by atoms with van der Waals surface area (Å²) < 4.78 is 5.45. The Morgan fingerprint density at radius 3 is 2.50 bits per heavy atom. The number of aryl methyl sites for hydroxylation is 1. The number of benzene rings is 1. The lowest BCUT2D eigenvalue weighted by molar-refractivity contribution is -0.134. The molecule has 126 valence electrons. The lowest BCUT2D eigenvalue weighted by Gasteiger charge is -2.28. The van der Waals surface area contributed by atoms with Crippen LogP contribution in [0.2, 0.25) is 0 Å². The van der Waals surface area contributed by atoms with E-state index >= 15 is 0 Å². The summed E-state index contributed by atoms with van der Waals surface area (Å²) in [4.78, 5) is 25.5. The average molecular weight is 327 g/mol. The Balaban J connectivity index is 1.63. The number of hydrogen-bond acceptors (Lipinski definition) is 3. The van der Waals surface area contributed by atoms with E-state index in [9.17, 15) is 9.59 Å². The highest BCUT2D eigenvalue weighted by Gasteiger charge is 2.36. The predicted molar refractivity (Wildman–Crippen MR) is 88.7 cm³/mol. The summed E-state index contributed by atoms with van der Waals surface area (Å²) in [6, 6.07) is 10.7. The van der Waals surface area contributed by atoms with E-state index in [0.29, 0.717) is 18.9 Å². The molecule has 24 heavy (non-hydrogen) atoms. The molecule has 1 saturated carbocycles. The van der Waals surface area contributed by atoms with Crippen LogP contribution in [0.3, 0.4) is 0 Å². The second kappa shape index (κ2) is 6.91. The zero-order valence-corrected chi connectivity index (χ0v) is 13.6. The van der Waals surface area contributed by atoms with Crippen LogP contribution < -0.4 is 0 Å². The molecule has 1 aromatic carbocycles. The third kappa shape index (κ3) is 3.67. The summed E-state index contributed by atoms with van der Waals surface area (Å²) in [5.41, 5.74) is 1.23. The second-order valence-corrected chi connectivity index (χ2v) is 6.23. The van der Waals surface area contributed by atoms with Gasteiger partial charge in [0.1, 0.15) is 5.76 Å². The number of rotatable bonds is 7. The van der Waals surface area contributed by atoms with Crippen molar-refractivity contribution in [3.05, 3.63) is 59.5 Å². The summed E-state index contributed by atoms with van der Waals surface area (Å²) in [6.45, 7) is 2.00. The fourth-order valence-corrected chi connectivity index (χ4v) is 2.95. The van der Waals surface area contributed by atoms with Gasteiger partial charge >= 0.3 is 5.97 Å². The number of amides is 1. The molecule has 0 saturated heterocycles. The van der Waals surface area contributed by atoms with Gasteiger partial charge in [0.2, 0.25) is 5.91 Å². The minimum atomic E-state index is -0.940. The molecule has 1 atom stereocenters. The molecule has 2 aromatic rings. The van der Waals surface area contributed by atoms with Crippen LogP contribution in [0.1, 0.15) is 53.9 Å². The van der Waals surface area contributed by atoms with E-state index < -0.39 is 5.97 Å². The van der Waals surface area contributed by atoms with Gasteiger partial charge in [0.15, 0.2) is 0 Å². The van der Waals surface area contributed by atoms with Gasteiger partial charge in [-0.1, -0.05) is 12.1 Å². The first-order chi connectivity index (χ1) is 11.6. The Kier molecular flexibility index (Phi) is 4.69. The van der Waals surface area contributed by atoms with E-state index in [4.69, 9.17) is 9.52 Å². The summed E-state index contributed by atoms with van der Waals surface area (Å²) in [5, 5.41) is 8.92. The first-order valence-corrected chi connectivity index (χ1v) is 8.23. The van der Waals surface area contributed by atoms with Crippen molar-refractivity contribution in [1.82, 2.24) is 4.90 Å². The molecule has 0 radical (unpaired) electrons. The number of aromatic carboxylic acids is 1. The van der Waals surface area contributed by atoms with Crippen molar-refractivity contribution >= 4 is 11.9 Å². The summed E-state index contributed by atoms with van der Waals surface area (Å²) in [6.07, 6.45) is 4.74. The lowest BCUT2D eigenvalue weighted by Crippen LogP contribution is -2.35. The lowest BCUT2D eigenvalue weighted by atomic mass is 10.1. The van der Waals surface area contributed by atoms with E-state index in [0.717, 1.165) is 24.2 Å². The van der Waals surface area contributed by atoms with Crippen LogP contribution in [0, 0.1) is 0 Å². The summed E-state index contributed by atoms with van der Waals surface area (Å²) in [7, 11) is 0. The highest BCUT2D eigenvalue weighted by molar-refractivity contribution is 5.87. The van der Waals surface area contributed by atoms with Gasteiger partial charge in [-0.15, -0.1) is 0 Å². The minimum Gasteiger partial charge on any atom is -0.478 e. The van der Waals surface area contributed by atoms with Crippen molar-refractivity contribution < 1.29 is 19.1 Å². The molecule has 1 aliphatic carbocycles. The fraction of sp³-hybridized carbons (Fsp3) is 0.368. The monoisotopic (exact) mass is 327 g/mol. The standard InChI is InChI=1S/C19H21NO4/c1-13(17-3-2-12-24-17)20(16-9-10-16)18(21)11-6-14-4-7-15(8-5-14)19(22)23/h2-5,7-8,12-13,16H,6,9-11H2,1H3,(H,22,23). The smallest absolute Gasteiger partial charge is 0.335 e. The fourth-order valence-electron chi connectivity index (χ4n) is 2.95. The molecule has 3 rings (SSSR count). The Bertz CT molecular complexity index is 701. The second-order valence-electron chi connectivity index (χ2n) is 6.23. The molecule has 1 fully saturated rings. The van der Waals surface area contributed by atoms with E-state index in [1.165, 1.54) is 0 Å². The number of carbonyl (C=O) groups is 2. The van der Waals surface area contributed by atoms with Gasteiger partial charge in [0.25, 0.3) is 0 Å². The zero-order chi connectivity index (χ0) is 17.1. The topological polar surface area (TPSA) is 70.8 Å². The number of nitrogens with zero attached hydrogens (tertiary/aromatic N) is 1. The van der Waals surface area contributed by atoms with Crippen LogP contribution in [0.4, 0.5) is 0 Å². The summed E-state index contributed by atoms with van der Waals surface area (Å²) >= 11 is 0. The van der Waals surface area contributed by atoms with Crippen LogP contribution in [0.5, 0.6) is 0 Å². The molecule has 0 aliphatic heterocycles. The van der Waals surface area contributed by atoms with Crippen molar-refractivity contribution in [2.45, 2.75) is 44.7 Å². The number of carbonyl (C=O) groups excluding carboxylic acids is 1. The first kappa shape index (κ1) is 16.3. The molecular weight excluding hydrogens is 306 g/mol. The average Bonchev–Trinajstić information content (AvgIpc) is 3.25. The predicted octanol–water partition coefficient (Wildman–Crippen LogP) is 3.66. The molecule has 1 amide bonds. The Labute approximate surface area is 140 Å². The van der Waals surface area contributed by atoms with Crippen molar-refractivity contribution in [1.29, 1.82) is 0 Å². The molecule has 0 spiro atoms. The van der Waals surface area contributed by atoms with Gasteiger partial charge in [-0.2, -0.15) is 0 Å². The van der Waals surface area contributed by atoms with E-state index in [1.54, 1.807) is 30.5 Å². The molecule has 1 unspecified atom stereocenters. The number of furan rings is 1. The maximum Gasteiger partial charge on any atom is 0.335 e. The number of hydrogen-bond donors (Lipinski definition) is 1. The Hall–Kier alpha value is -2.56. The third-order valence-electron chi connectivity index (χ3n) is 4.43. The zero-order valence-electron chi connectivity index (χ0n) is 13.6. The van der Waals surface area contributed by atoms with Gasteiger partial charge in [-0.25, -0.2) is 4.79 Å². The van der Waals surface area contributed by atoms with Crippen molar-refractivity contribution in [2.75, 3.05) is 0 Å². The SMILES string of the molecule is CC(c1ccco1)N(C(=O)CCc1ccc(C(=O)O)cc1)C1CC1. The van der Waals surface area contributed by atoms with Gasteiger partial charge < -0.3 is 14.4 Å². The first-order valence-electron chi connectivity index (χ1n) is 8.23. The molecule has 1 heterocycles. The van der Waals surface area contributed by atoms with Gasteiger partial charge in [-0.3, -0.25) is 4.79 Å². The molecule has 1 aliphatic rings. The molecular formula is C19H21NO4. The Morgan fingerprint density at radius 2 is 1.96 bits per heavy atom. The largest absolute Gasteiger partial charge is 0.478 e. The summed E-state index contributed by atoms with van der Waals surface area (Å²) in [5.74, 6) is -0.0189. The van der Waals surface area contributed by atoms with Crippen LogP contribution in [0.25, 0.3) is 0 Å². The van der Waals surface area contributed by atoms with Crippen molar-refractivity contribution in [3.63, 3.8) is 0 Å². The van der Waals surface area contributed by atoms with Crippen LogP contribution in [0.15, 0.2) is 47.1 Å². The van der Waals surface area contributed by atoms with E-state index in [2.05, 4.69) is 0 Å². The van der Waals surface area contributed by atoms with Crippen LogP contribution >= 0.6 is 0 Å². The highest BCUT2D eigenvalue weighted by atomic mass is 16.4. The maximum atomic E-state index is 12.7.